The van der Waals surface area contributed by atoms with E-state index in [9.17, 15) is 9.59 Å². The van der Waals surface area contributed by atoms with Gasteiger partial charge >= 0.3 is 0 Å². The van der Waals surface area contributed by atoms with Crippen LogP contribution in [0.25, 0.3) is 21.3 Å². The zero-order valence-corrected chi connectivity index (χ0v) is 18.5. The van der Waals surface area contributed by atoms with Crippen LogP contribution in [0.15, 0.2) is 53.6 Å². The Morgan fingerprint density at radius 1 is 1.10 bits per heavy atom. The highest BCUT2D eigenvalue weighted by atomic mass is 35.5. The highest BCUT2D eigenvalue weighted by Gasteiger charge is 2.18. The van der Waals surface area contributed by atoms with Gasteiger partial charge in [0.1, 0.15) is 11.4 Å². The summed E-state index contributed by atoms with van der Waals surface area (Å²) >= 11 is 13.4. The van der Waals surface area contributed by atoms with Gasteiger partial charge in [0, 0.05) is 26.2 Å². The van der Waals surface area contributed by atoms with Gasteiger partial charge in [-0.2, -0.15) is 0 Å². The van der Waals surface area contributed by atoms with E-state index in [0.29, 0.717) is 25.9 Å². The first-order valence-corrected chi connectivity index (χ1v) is 10.7. The molecule has 1 N–H and O–H groups in total. The molecule has 0 spiro atoms. The number of benzene rings is 2. The van der Waals surface area contributed by atoms with E-state index in [1.807, 2.05) is 26.0 Å². The number of thiophene rings is 1. The molecule has 8 heteroatoms. The van der Waals surface area contributed by atoms with Crippen molar-refractivity contribution < 1.29 is 4.79 Å². The van der Waals surface area contributed by atoms with Crippen molar-refractivity contribution in [2.24, 2.45) is 0 Å². The van der Waals surface area contributed by atoms with Crippen LogP contribution in [-0.4, -0.2) is 15.5 Å². The van der Waals surface area contributed by atoms with E-state index < -0.39 is 0 Å². The topological polar surface area (TPSA) is 64.0 Å². The van der Waals surface area contributed by atoms with Crippen LogP contribution in [0.1, 0.15) is 10.4 Å². The Kier molecular flexibility index (Phi) is 5.64. The Labute approximate surface area is 186 Å². The normalized spacial score (nSPS) is 11.1. The lowest BCUT2D eigenvalue weighted by Crippen LogP contribution is -2.28. The zero-order valence-electron chi connectivity index (χ0n) is 16.2. The van der Waals surface area contributed by atoms with Crippen LogP contribution in [0.5, 0.6) is 0 Å². The summed E-state index contributed by atoms with van der Waals surface area (Å²) in [6, 6.07) is 12.5. The average molecular weight is 458 g/mol. The van der Waals surface area contributed by atoms with Crippen molar-refractivity contribution in [1.82, 2.24) is 9.55 Å². The summed E-state index contributed by atoms with van der Waals surface area (Å²) in [6.45, 7) is 3.67. The lowest BCUT2D eigenvalue weighted by molar-refractivity contribution is -0.116. The SMILES string of the molecule is Cc1cc(Cl)ccc1NC(=O)Cn1cnc2sc(C)c(-c3ccc(Cl)cc3)c2c1=O. The molecular formula is C22H17Cl2N3O2S. The molecular weight excluding hydrogens is 441 g/mol. The predicted octanol–water partition coefficient (Wildman–Crippen LogP) is 5.69. The van der Waals surface area contributed by atoms with Crippen molar-refractivity contribution in [3.63, 3.8) is 0 Å². The number of rotatable bonds is 4. The molecule has 30 heavy (non-hydrogen) atoms. The van der Waals surface area contributed by atoms with E-state index in [2.05, 4.69) is 10.3 Å². The molecule has 0 saturated carbocycles. The molecule has 0 aliphatic rings. The van der Waals surface area contributed by atoms with Gasteiger partial charge in [-0.3, -0.25) is 14.2 Å². The number of nitrogens with zero attached hydrogens (tertiary/aromatic N) is 2. The van der Waals surface area contributed by atoms with Crippen molar-refractivity contribution >= 4 is 56.3 Å². The van der Waals surface area contributed by atoms with Gasteiger partial charge in [0.05, 0.1) is 11.7 Å². The van der Waals surface area contributed by atoms with E-state index in [4.69, 9.17) is 23.2 Å². The summed E-state index contributed by atoms with van der Waals surface area (Å²) in [5.41, 5.74) is 2.96. The maximum atomic E-state index is 13.2. The average Bonchev–Trinajstić information content (AvgIpc) is 3.04. The monoisotopic (exact) mass is 457 g/mol. The van der Waals surface area contributed by atoms with Crippen LogP contribution in [0.2, 0.25) is 10.0 Å². The number of aryl methyl sites for hydroxylation is 2. The van der Waals surface area contributed by atoms with Crippen molar-refractivity contribution in [2.75, 3.05) is 5.32 Å². The number of anilines is 1. The van der Waals surface area contributed by atoms with Crippen molar-refractivity contribution in [1.29, 1.82) is 0 Å². The molecule has 0 saturated heterocycles. The molecule has 4 aromatic rings. The van der Waals surface area contributed by atoms with Crippen LogP contribution in [0.4, 0.5) is 5.69 Å². The highest BCUT2D eigenvalue weighted by molar-refractivity contribution is 7.19. The summed E-state index contributed by atoms with van der Waals surface area (Å²) in [6.07, 6.45) is 1.42. The number of aromatic nitrogens is 2. The number of carbonyl (C=O) groups excluding carboxylic acids is 1. The molecule has 0 atom stereocenters. The Balaban J connectivity index is 1.69. The molecule has 0 aliphatic heterocycles. The van der Waals surface area contributed by atoms with E-state index in [0.717, 1.165) is 21.6 Å². The number of fused-ring (bicyclic) bond motifs is 1. The Bertz CT molecular complexity index is 1330. The van der Waals surface area contributed by atoms with E-state index in [1.165, 1.54) is 22.2 Å². The Hall–Kier alpha value is -2.67. The number of hydrogen-bond donors (Lipinski definition) is 1. The molecule has 0 fully saturated rings. The van der Waals surface area contributed by atoms with Gasteiger partial charge in [-0.1, -0.05) is 35.3 Å². The first-order chi connectivity index (χ1) is 14.3. The largest absolute Gasteiger partial charge is 0.324 e. The first kappa shape index (κ1) is 20.6. The quantitative estimate of drug-likeness (QED) is 0.428. The highest BCUT2D eigenvalue weighted by Crippen LogP contribution is 2.35. The molecule has 0 bridgehead atoms. The van der Waals surface area contributed by atoms with Crippen LogP contribution in [0.3, 0.4) is 0 Å². The minimum atomic E-state index is -0.316. The fourth-order valence-electron chi connectivity index (χ4n) is 3.33. The Morgan fingerprint density at radius 2 is 1.80 bits per heavy atom. The number of carbonyl (C=O) groups is 1. The predicted molar refractivity (Wildman–Crippen MR) is 124 cm³/mol. The minimum absolute atomic E-state index is 0.140. The Morgan fingerprint density at radius 3 is 2.50 bits per heavy atom. The van der Waals surface area contributed by atoms with Gasteiger partial charge in [0.15, 0.2) is 0 Å². The second kappa shape index (κ2) is 8.22. The van der Waals surface area contributed by atoms with Crippen LogP contribution < -0.4 is 10.9 Å². The zero-order chi connectivity index (χ0) is 21.4. The molecule has 152 valence electrons. The van der Waals surface area contributed by atoms with Crippen molar-refractivity contribution in [3.8, 4) is 11.1 Å². The lowest BCUT2D eigenvalue weighted by atomic mass is 10.0. The first-order valence-electron chi connectivity index (χ1n) is 9.14. The summed E-state index contributed by atoms with van der Waals surface area (Å²) in [7, 11) is 0. The van der Waals surface area contributed by atoms with Gasteiger partial charge in [-0.05, 0) is 55.3 Å². The van der Waals surface area contributed by atoms with Gasteiger partial charge in [0.2, 0.25) is 5.91 Å². The molecule has 4 rings (SSSR count). The number of nitrogens with one attached hydrogen (secondary N) is 1. The fourth-order valence-corrected chi connectivity index (χ4v) is 4.68. The number of hydrogen-bond acceptors (Lipinski definition) is 4. The molecule has 5 nitrogen and oxygen atoms in total. The van der Waals surface area contributed by atoms with Crippen LogP contribution in [-0.2, 0) is 11.3 Å². The molecule has 0 radical (unpaired) electrons. The maximum absolute atomic E-state index is 13.2. The number of halogens is 2. The summed E-state index contributed by atoms with van der Waals surface area (Å²) in [5, 5.41) is 4.56. The summed E-state index contributed by atoms with van der Waals surface area (Å²) in [5.74, 6) is -0.316. The molecule has 1 amide bonds. The van der Waals surface area contributed by atoms with Gasteiger partial charge < -0.3 is 5.32 Å². The van der Waals surface area contributed by atoms with E-state index in [1.54, 1.807) is 30.3 Å². The van der Waals surface area contributed by atoms with Gasteiger partial charge in [0.25, 0.3) is 5.56 Å². The smallest absolute Gasteiger partial charge is 0.263 e. The molecule has 2 heterocycles. The van der Waals surface area contributed by atoms with Crippen molar-refractivity contribution in [2.45, 2.75) is 20.4 Å². The third-order valence-corrected chi connectivity index (χ3v) is 6.26. The van der Waals surface area contributed by atoms with E-state index >= 15 is 0 Å². The summed E-state index contributed by atoms with van der Waals surface area (Å²) < 4.78 is 1.33. The molecule has 0 aliphatic carbocycles. The number of amides is 1. The van der Waals surface area contributed by atoms with Crippen LogP contribution >= 0.6 is 34.5 Å². The lowest BCUT2D eigenvalue weighted by Gasteiger charge is -2.10. The minimum Gasteiger partial charge on any atom is -0.324 e. The fraction of sp³-hybridized carbons (Fsp3) is 0.136. The van der Waals surface area contributed by atoms with Gasteiger partial charge in [-0.15, -0.1) is 11.3 Å². The molecule has 2 aromatic carbocycles. The third-order valence-electron chi connectivity index (χ3n) is 4.76. The third kappa shape index (κ3) is 3.99. The molecule has 0 unspecified atom stereocenters. The second-order valence-electron chi connectivity index (χ2n) is 6.91. The second-order valence-corrected chi connectivity index (χ2v) is 8.98. The standard InChI is InChI=1S/C22H17Cl2N3O2S/c1-12-9-16(24)7-8-17(12)26-18(28)10-27-11-25-21-20(22(27)29)19(13(2)30-21)14-3-5-15(23)6-4-14/h3-9,11H,10H2,1-2H3,(H,26,28). The maximum Gasteiger partial charge on any atom is 0.263 e. The van der Waals surface area contributed by atoms with E-state index in [-0.39, 0.29) is 18.0 Å². The van der Waals surface area contributed by atoms with Crippen molar-refractivity contribution in [3.05, 3.63) is 79.6 Å². The molecule has 2 aromatic heterocycles. The summed E-state index contributed by atoms with van der Waals surface area (Å²) in [4.78, 5) is 31.8. The van der Waals surface area contributed by atoms with Gasteiger partial charge in [-0.25, -0.2) is 4.98 Å². The van der Waals surface area contributed by atoms with Crippen LogP contribution in [0, 0.1) is 13.8 Å².